The number of ether oxygens (including phenoxy) is 3. The summed E-state index contributed by atoms with van der Waals surface area (Å²) in [4.78, 5) is 11.7. The van der Waals surface area contributed by atoms with Crippen LogP contribution < -0.4 is 4.74 Å². The second-order valence-electron chi connectivity index (χ2n) is 4.40. The molecule has 4 heteroatoms. The van der Waals surface area contributed by atoms with Gasteiger partial charge in [-0.3, -0.25) is 0 Å². The van der Waals surface area contributed by atoms with Crippen LogP contribution in [0.2, 0.25) is 0 Å². The molecule has 0 aliphatic carbocycles. The van der Waals surface area contributed by atoms with E-state index in [0.29, 0.717) is 17.2 Å². The quantitative estimate of drug-likeness (QED) is 0.597. The highest BCUT2D eigenvalue weighted by Crippen LogP contribution is 2.28. The number of esters is 1. The third-order valence-corrected chi connectivity index (χ3v) is 2.73. The SMILES string of the molecule is COCOc1cc(C)c(C(C)C)cc1C(=O)OC. The van der Waals surface area contributed by atoms with E-state index < -0.39 is 5.97 Å². The molecule has 0 amide bonds. The first-order valence-corrected chi connectivity index (χ1v) is 5.85. The Morgan fingerprint density at radius 3 is 2.44 bits per heavy atom. The second kappa shape index (κ2) is 6.40. The van der Waals surface area contributed by atoms with Crippen molar-refractivity contribution in [2.45, 2.75) is 26.7 Å². The highest BCUT2D eigenvalue weighted by molar-refractivity contribution is 5.93. The molecular formula is C14H20O4. The summed E-state index contributed by atoms with van der Waals surface area (Å²) in [5.41, 5.74) is 2.63. The smallest absolute Gasteiger partial charge is 0.341 e. The zero-order valence-corrected chi connectivity index (χ0v) is 11.6. The summed E-state index contributed by atoms with van der Waals surface area (Å²) in [6, 6.07) is 3.68. The molecule has 0 heterocycles. The van der Waals surface area contributed by atoms with Crippen LogP contribution in [0.4, 0.5) is 0 Å². The minimum Gasteiger partial charge on any atom is -0.467 e. The Hall–Kier alpha value is -1.55. The summed E-state index contributed by atoms with van der Waals surface area (Å²) < 4.78 is 15.0. The van der Waals surface area contributed by atoms with Crippen LogP contribution in [-0.4, -0.2) is 27.0 Å². The maximum absolute atomic E-state index is 11.7. The Balaban J connectivity index is 3.23. The molecule has 0 aromatic heterocycles. The van der Waals surface area contributed by atoms with Crippen LogP contribution in [0.15, 0.2) is 12.1 Å². The number of benzene rings is 1. The Morgan fingerprint density at radius 2 is 1.94 bits per heavy atom. The summed E-state index contributed by atoms with van der Waals surface area (Å²) >= 11 is 0. The van der Waals surface area contributed by atoms with Gasteiger partial charge in [-0.1, -0.05) is 13.8 Å². The van der Waals surface area contributed by atoms with E-state index in [1.165, 1.54) is 14.2 Å². The molecule has 0 unspecified atom stereocenters. The van der Waals surface area contributed by atoms with Crippen LogP contribution in [-0.2, 0) is 9.47 Å². The van der Waals surface area contributed by atoms with Crippen LogP contribution >= 0.6 is 0 Å². The zero-order valence-electron chi connectivity index (χ0n) is 11.6. The Morgan fingerprint density at radius 1 is 1.28 bits per heavy atom. The lowest BCUT2D eigenvalue weighted by Gasteiger charge is -2.15. The monoisotopic (exact) mass is 252 g/mol. The minimum absolute atomic E-state index is 0.102. The molecule has 0 fully saturated rings. The summed E-state index contributed by atoms with van der Waals surface area (Å²) in [6.45, 7) is 6.26. The van der Waals surface area contributed by atoms with Crippen molar-refractivity contribution < 1.29 is 19.0 Å². The molecule has 0 spiro atoms. The van der Waals surface area contributed by atoms with Gasteiger partial charge >= 0.3 is 5.97 Å². The first-order chi connectivity index (χ1) is 8.51. The largest absolute Gasteiger partial charge is 0.467 e. The molecule has 0 N–H and O–H groups in total. The standard InChI is InChI=1S/C14H20O4/c1-9(2)11-7-12(14(15)17-5)13(6-10(11)3)18-8-16-4/h6-7,9H,8H2,1-5H3. The second-order valence-corrected chi connectivity index (χ2v) is 4.40. The number of hydrogen-bond acceptors (Lipinski definition) is 4. The lowest BCUT2D eigenvalue weighted by molar-refractivity contribution is 0.0464. The molecule has 4 nitrogen and oxygen atoms in total. The van der Waals surface area contributed by atoms with Crippen molar-refractivity contribution in [2.24, 2.45) is 0 Å². The molecule has 0 aliphatic rings. The first-order valence-electron chi connectivity index (χ1n) is 5.85. The van der Waals surface area contributed by atoms with Crippen LogP contribution in [0, 0.1) is 6.92 Å². The number of methoxy groups -OCH3 is 2. The van der Waals surface area contributed by atoms with Gasteiger partial charge < -0.3 is 14.2 Å². The molecule has 0 atom stereocenters. The van der Waals surface area contributed by atoms with Gasteiger partial charge in [-0.25, -0.2) is 4.79 Å². The summed E-state index contributed by atoms with van der Waals surface area (Å²) in [5.74, 6) is 0.429. The van der Waals surface area contributed by atoms with Crippen LogP contribution in [0.1, 0.15) is 41.3 Å². The average molecular weight is 252 g/mol. The number of hydrogen-bond donors (Lipinski definition) is 0. The maximum Gasteiger partial charge on any atom is 0.341 e. The van der Waals surface area contributed by atoms with E-state index in [1.807, 2.05) is 19.1 Å². The highest BCUT2D eigenvalue weighted by Gasteiger charge is 2.17. The molecule has 18 heavy (non-hydrogen) atoms. The number of carbonyl (C=O) groups excluding carboxylic acids is 1. The van der Waals surface area contributed by atoms with Gasteiger partial charge in [0.25, 0.3) is 0 Å². The van der Waals surface area contributed by atoms with E-state index in [-0.39, 0.29) is 6.79 Å². The molecular weight excluding hydrogens is 232 g/mol. The predicted octanol–water partition coefficient (Wildman–Crippen LogP) is 2.89. The number of aryl methyl sites for hydroxylation is 1. The van der Waals surface area contributed by atoms with E-state index >= 15 is 0 Å². The summed E-state index contributed by atoms with van der Waals surface area (Å²) in [6.07, 6.45) is 0. The molecule has 0 radical (unpaired) electrons. The predicted molar refractivity (Wildman–Crippen MR) is 69.1 cm³/mol. The van der Waals surface area contributed by atoms with Gasteiger partial charge in [0, 0.05) is 7.11 Å². The van der Waals surface area contributed by atoms with Gasteiger partial charge in [0.15, 0.2) is 6.79 Å². The van der Waals surface area contributed by atoms with Gasteiger partial charge in [0.05, 0.1) is 7.11 Å². The van der Waals surface area contributed by atoms with Gasteiger partial charge in [-0.15, -0.1) is 0 Å². The Kier molecular flexibility index (Phi) is 5.16. The first kappa shape index (κ1) is 14.5. The lowest BCUT2D eigenvalue weighted by Crippen LogP contribution is -2.09. The van der Waals surface area contributed by atoms with E-state index in [4.69, 9.17) is 14.2 Å². The fourth-order valence-corrected chi connectivity index (χ4v) is 1.83. The molecule has 0 bridgehead atoms. The van der Waals surface area contributed by atoms with Crippen molar-refractivity contribution in [1.82, 2.24) is 0 Å². The van der Waals surface area contributed by atoms with Gasteiger partial charge in [-0.05, 0) is 36.1 Å². The summed E-state index contributed by atoms with van der Waals surface area (Å²) in [7, 11) is 2.89. The van der Waals surface area contributed by atoms with Crippen LogP contribution in [0.5, 0.6) is 5.75 Å². The third kappa shape index (κ3) is 3.23. The van der Waals surface area contributed by atoms with E-state index in [9.17, 15) is 4.79 Å². The fraction of sp³-hybridized carbons (Fsp3) is 0.500. The molecule has 1 aromatic carbocycles. The Labute approximate surface area is 108 Å². The van der Waals surface area contributed by atoms with Crippen molar-refractivity contribution in [2.75, 3.05) is 21.0 Å². The van der Waals surface area contributed by atoms with Gasteiger partial charge in [0.2, 0.25) is 0 Å². The normalized spacial score (nSPS) is 10.6. The van der Waals surface area contributed by atoms with Crippen molar-refractivity contribution >= 4 is 5.97 Å². The lowest BCUT2D eigenvalue weighted by atomic mass is 9.95. The molecule has 0 aliphatic heterocycles. The van der Waals surface area contributed by atoms with E-state index in [1.54, 1.807) is 0 Å². The van der Waals surface area contributed by atoms with Gasteiger partial charge in [-0.2, -0.15) is 0 Å². The van der Waals surface area contributed by atoms with Crippen molar-refractivity contribution in [3.05, 3.63) is 28.8 Å². The summed E-state index contributed by atoms with van der Waals surface area (Å²) in [5, 5.41) is 0. The van der Waals surface area contributed by atoms with E-state index in [0.717, 1.165) is 11.1 Å². The molecule has 1 rings (SSSR count). The van der Waals surface area contributed by atoms with Crippen LogP contribution in [0.25, 0.3) is 0 Å². The van der Waals surface area contributed by atoms with Gasteiger partial charge in [0.1, 0.15) is 11.3 Å². The number of carbonyl (C=O) groups is 1. The molecule has 0 saturated carbocycles. The van der Waals surface area contributed by atoms with E-state index in [2.05, 4.69) is 13.8 Å². The topological polar surface area (TPSA) is 44.8 Å². The van der Waals surface area contributed by atoms with Crippen molar-refractivity contribution in [3.63, 3.8) is 0 Å². The van der Waals surface area contributed by atoms with Crippen LogP contribution in [0.3, 0.4) is 0 Å². The highest BCUT2D eigenvalue weighted by atomic mass is 16.7. The fourth-order valence-electron chi connectivity index (χ4n) is 1.83. The molecule has 1 aromatic rings. The molecule has 100 valence electrons. The Bertz CT molecular complexity index is 424. The zero-order chi connectivity index (χ0) is 13.7. The third-order valence-electron chi connectivity index (χ3n) is 2.73. The van der Waals surface area contributed by atoms with Crippen molar-refractivity contribution in [3.8, 4) is 5.75 Å². The molecule has 0 saturated heterocycles. The van der Waals surface area contributed by atoms with Crippen molar-refractivity contribution in [1.29, 1.82) is 0 Å². The number of rotatable bonds is 5. The maximum atomic E-state index is 11.7. The average Bonchev–Trinajstić information content (AvgIpc) is 2.34. The minimum atomic E-state index is -0.400.